The van der Waals surface area contributed by atoms with Gasteiger partial charge in [-0.05, 0) is 37.1 Å². The number of aliphatic hydroxyl groups excluding tert-OH is 1. The van der Waals surface area contributed by atoms with E-state index < -0.39 is 0 Å². The standard InChI is InChI=1S/C15H18O5/c16-7-8-18-11-1-3-12(4-2-11)19-10-13-9-15(5-6-15)14(17)20-13/h1-4,13,16H,5-10H2. The van der Waals surface area contributed by atoms with Crippen LogP contribution in [0.4, 0.5) is 0 Å². The molecule has 0 amide bonds. The van der Waals surface area contributed by atoms with Gasteiger partial charge >= 0.3 is 5.97 Å². The van der Waals surface area contributed by atoms with E-state index >= 15 is 0 Å². The van der Waals surface area contributed by atoms with Crippen molar-refractivity contribution in [1.29, 1.82) is 0 Å². The molecule has 1 heterocycles. The molecule has 1 N–H and O–H groups in total. The Balaban J connectivity index is 1.48. The van der Waals surface area contributed by atoms with Crippen molar-refractivity contribution in [1.82, 2.24) is 0 Å². The lowest BCUT2D eigenvalue weighted by atomic mass is 10.0. The Morgan fingerprint density at radius 1 is 1.20 bits per heavy atom. The van der Waals surface area contributed by atoms with Crippen LogP contribution >= 0.6 is 0 Å². The smallest absolute Gasteiger partial charge is 0.312 e. The van der Waals surface area contributed by atoms with Crippen molar-refractivity contribution in [2.24, 2.45) is 5.41 Å². The van der Waals surface area contributed by atoms with Crippen molar-refractivity contribution in [3.05, 3.63) is 24.3 Å². The maximum atomic E-state index is 11.6. The molecule has 5 nitrogen and oxygen atoms in total. The number of rotatable bonds is 6. The number of benzene rings is 1. The van der Waals surface area contributed by atoms with E-state index in [1.807, 2.05) is 0 Å². The first-order valence-corrected chi connectivity index (χ1v) is 6.89. The van der Waals surface area contributed by atoms with E-state index in [1.54, 1.807) is 24.3 Å². The Morgan fingerprint density at radius 2 is 1.85 bits per heavy atom. The second-order valence-electron chi connectivity index (χ2n) is 5.37. The van der Waals surface area contributed by atoms with Gasteiger partial charge in [0.1, 0.15) is 30.8 Å². The molecule has 1 unspecified atom stereocenters. The highest BCUT2D eigenvalue weighted by molar-refractivity contribution is 5.82. The third-order valence-electron chi connectivity index (χ3n) is 3.80. The monoisotopic (exact) mass is 278 g/mol. The number of hydrogen-bond donors (Lipinski definition) is 1. The van der Waals surface area contributed by atoms with Crippen LogP contribution in [0.25, 0.3) is 0 Å². The number of carbonyl (C=O) groups is 1. The van der Waals surface area contributed by atoms with Gasteiger partial charge in [0, 0.05) is 6.42 Å². The van der Waals surface area contributed by atoms with Crippen LogP contribution in [0.5, 0.6) is 11.5 Å². The molecule has 108 valence electrons. The fourth-order valence-electron chi connectivity index (χ4n) is 2.47. The van der Waals surface area contributed by atoms with Gasteiger partial charge in [0.25, 0.3) is 0 Å². The average molecular weight is 278 g/mol. The molecule has 20 heavy (non-hydrogen) atoms. The molecule has 1 spiro atoms. The summed E-state index contributed by atoms with van der Waals surface area (Å²) in [5.74, 6) is 1.35. The second kappa shape index (κ2) is 5.32. The van der Waals surface area contributed by atoms with Crippen LogP contribution in [0.3, 0.4) is 0 Å². The molecule has 1 saturated carbocycles. The van der Waals surface area contributed by atoms with E-state index in [9.17, 15) is 4.79 Å². The van der Waals surface area contributed by atoms with E-state index in [-0.39, 0.29) is 30.7 Å². The van der Waals surface area contributed by atoms with Gasteiger partial charge < -0.3 is 19.3 Å². The molecule has 1 aliphatic carbocycles. The summed E-state index contributed by atoms with van der Waals surface area (Å²) in [5, 5.41) is 8.67. The van der Waals surface area contributed by atoms with Crippen LogP contribution in [0.15, 0.2) is 24.3 Å². The topological polar surface area (TPSA) is 65.0 Å². The third-order valence-corrected chi connectivity index (χ3v) is 3.80. The molecular weight excluding hydrogens is 260 g/mol. The summed E-state index contributed by atoms with van der Waals surface area (Å²) in [5.41, 5.74) is -0.171. The number of carbonyl (C=O) groups excluding carboxylic acids is 1. The van der Waals surface area contributed by atoms with Crippen LogP contribution in [0, 0.1) is 5.41 Å². The van der Waals surface area contributed by atoms with E-state index in [2.05, 4.69) is 0 Å². The Labute approximate surface area is 117 Å². The third kappa shape index (κ3) is 2.72. The molecule has 1 aromatic rings. The van der Waals surface area contributed by atoms with Crippen molar-refractivity contribution in [3.8, 4) is 11.5 Å². The number of esters is 1. The van der Waals surface area contributed by atoms with Gasteiger partial charge in [0.15, 0.2) is 0 Å². The molecule has 0 radical (unpaired) electrons. The van der Waals surface area contributed by atoms with Crippen LogP contribution in [0.2, 0.25) is 0 Å². The van der Waals surface area contributed by atoms with Crippen molar-refractivity contribution >= 4 is 5.97 Å². The van der Waals surface area contributed by atoms with Crippen LogP contribution in [-0.4, -0.2) is 37.0 Å². The van der Waals surface area contributed by atoms with Gasteiger partial charge in [0.05, 0.1) is 12.0 Å². The first-order valence-electron chi connectivity index (χ1n) is 6.89. The summed E-state index contributed by atoms with van der Waals surface area (Å²) < 4.78 is 16.2. The van der Waals surface area contributed by atoms with E-state index in [0.29, 0.717) is 18.1 Å². The molecule has 2 aliphatic rings. The predicted octanol–water partition coefficient (Wildman–Crippen LogP) is 1.53. The van der Waals surface area contributed by atoms with Crippen molar-refractivity contribution in [3.63, 3.8) is 0 Å². The summed E-state index contributed by atoms with van der Waals surface area (Å²) in [6, 6.07) is 7.18. The van der Waals surface area contributed by atoms with E-state index in [0.717, 1.165) is 19.3 Å². The highest BCUT2D eigenvalue weighted by Crippen LogP contribution is 2.54. The minimum atomic E-state index is -0.171. The highest BCUT2D eigenvalue weighted by Gasteiger charge is 2.57. The Kier molecular flexibility index (Phi) is 3.53. The van der Waals surface area contributed by atoms with Gasteiger partial charge in [-0.25, -0.2) is 0 Å². The molecule has 1 aromatic carbocycles. The first kappa shape index (κ1) is 13.2. The fraction of sp³-hybridized carbons (Fsp3) is 0.533. The molecule has 1 aliphatic heterocycles. The molecule has 3 rings (SSSR count). The fourth-order valence-corrected chi connectivity index (χ4v) is 2.47. The SMILES string of the molecule is O=C1OC(COc2ccc(OCCO)cc2)CC12CC2. The van der Waals surface area contributed by atoms with Gasteiger partial charge in [-0.1, -0.05) is 0 Å². The normalized spacial score (nSPS) is 22.6. The summed E-state index contributed by atoms with van der Waals surface area (Å²) in [6.45, 7) is 0.664. The minimum Gasteiger partial charge on any atom is -0.491 e. The molecule has 5 heteroatoms. The molecule has 1 atom stereocenters. The summed E-state index contributed by atoms with van der Waals surface area (Å²) in [7, 11) is 0. The molecule has 2 fully saturated rings. The quantitative estimate of drug-likeness (QED) is 0.799. The summed E-state index contributed by atoms with van der Waals surface area (Å²) in [4.78, 5) is 11.6. The van der Waals surface area contributed by atoms with Crippen LogP contribution in [-0.2, 0) is 9.53 Å². The molecule has 0 bridgehead atoms. The lowest BCUT2D eigenvalue weighted by Crippen LogP contribution is -2.17. The van der Waals surface area contributed by atoms with Crippen molar-refractivity contribution in [2.75, 3.05) is 19.8 Å². The Bertz CT molecular complexity index is 478. The number of ether oxygens (including phenoxy) is 3. The number of aliphatic hydroxyl groups is 1. The zero-order chi connectivity index (χ0) is 14.0. The predicted molar refractivity (Wildman–Crippen MR) is 70.7 cm³/mol. The van der Waals surface area contributed by atoms with Gasteiger partial charge in [-0.3, -0.25) is 4.79 Å². The number of hydrogen-bond acceptors (Lipinski definition) is 5. The zero-order valence-corrected chi connectivity index (χ0v) is 11.2. The lowest BCUT2D eigenvalue weighted by Gasteiger charge is -2.11. The summed E-state index contributed by atoms with van der Waals surface area (Å²) >= 11 is 0. The van der Waals surface area contributed by atoms with Gasteiger partial charge in [-0.15, -0.1) is 0 Å². The first-order chi connectivity index (χ1) is 9.72. The van der Waals surface area contributed by atoms with Crippen LogP contribution < -0.4 is 9.47 Å². The van der Waals surface area contributed by atoms with E-state index in [1.165, 1.54) is 0 Å². The lowest BCUT2D eigenvalue weighted by molar-refractivity contribution is -0.146. The van der Waals surface area contributed by atoms with Crippen molar-refractivity contribution in [2.45, 2.75) is 25.4 Å². The molecule has 0 aromatic heterocycles. The number of cyclic esters (lactones) is 1. The second-order valence-corrected chi connectivity index (χ2v) is 5.37. The largest absolute Gasteiger partial charge is 0.491 e. The van der Waals surface area contributed by atoms with Gasteiger partial charge in [-0.2, -0.15) is 0 Å². The van der Waals surface area contributed by atoms with E-state index in [4.69, 9.17) is 19.3 Å². The summed E-state index contributed by atoms with van der Waals surface area (Å²) in [6.07, 6.45) is 2.57. The Morgan fingerprint density at radius 3 is 2.40 bits per heavy atom. The Hall–Kier alpha value is -1.75. The minimum absolute atomic E-state index is 0.00690. The molecular formula is C15H18O5. The zero-order valence-electron chi connectivity index (χ0n) is 11.2. The van der Waals surface area contributed by atoms with Gasteiger partial charge in [0.2, 0.25) is 0 Å². The molecule has 1 saturated heterocycles. The highest BCUT2D eigenvalue weighted by atomic mass is 16.6. The average Bonchev–Trinajstić information content (AvgIpc) is 3.17. The maximum absolute atomic E-state index is 11.6. The maximum Gasteiger partial charge on any atom is 0.312 e. The van der Waals surface area contributed by atoms with Crippen molar-refractivity contribution < 1.29 is 24.1 Å². The van der Waals surface area contributed by atoms with Crippen LogP contribution in [0.1, 0.15) is 19.3 Å².